The zero-order valence-corrected chi connectivity index (χ0v) is 12.7. The molecule has 2 atom stereocenters. The van der Waals surface area contributed by atoms with E-state index in [-0.39, 0.29) is 11.9 Å². The summed E-state index contributed by atoms with van der Waals surface area (Å²) < 4.78 is 10.5. The summed E-state index contributed by atoms with van der Waals surface area (Å²) in [7, 11) is 2.62. The SMILES string of the molecule is CONC(=O)C(C)Oc1ccnc(OC(C)C(=O)NOC)n1. The number of carbonyl (C=O) groups is 2. The monoisotopic (exact) mass is 314 g/mol. The molecular weight excluding hydrogens is 296 g/mol. The number of aromatic nitrogens is 2. The first-order valence-electron chi connectivity index (χ1n) is 6.30. The second kappa shape index (κ2) is 8.74. The number of amides is 2. The van der Waals surface area contributed by atoms with E-state index in [0.29, 0.717) is 0 Å². The van der Waals surface area contributed by atoms with E-state index in [0.717, 1.165) is 0 Å². The van der Waals surface area contributed by atoms with Crippen molar-refractivity contribution in [1.82, 2.24) is 20.9 Å². The summed E-state index contributed by atoms with van der Waals surface area (Å²) in [4.78, 5) is 39.7. The highest BCUT2D eigenvalue weighted by Crippen LogP contribution is 2.13. The van der Waals surface area contributed by atoms with Crippen LogP contribution in [0.25, 0.3) is 0 Å². The normalized spacial score (nSPS) is 12.9. The highest BCUT2D eigenvalue weighted by Gasteiger charge is 2.18. The third-order valence-corrected chi connectivity index (χ3v) is 2.33. The lowest BCUT2D eigenvalue weighted by Gasteiger charge is -2.14. The molecule has 0 aliphatic rings. The van der Waals surface area contributed by atoms with Crippen LogP contribution in [0.2, 0.25) is 0 Å². The number of hydroxylamine groups is 2. The van der Waals surface area contributed by atoms with Crippen molar-refractivity contribution < 1.29 is 28.7 Å². The lowest BCUT2D eigenvalue weighted by Crippen LogP contribution is -2.36. The lowest BCUT2D eigenvalue weighted by molar-refractivity contribution is -0.138. The van der Waals surface area contributed by atoms with Gasteiger partial charge in [-0.3, -0.25) is 19.3 Å². The van der Waals surface area contributed by atoms with Crippen molar-refractivity contribution in [2.75, 3.05) is 14.2 Å². The van der Waals surface area contributed by atoms with E-state index >= 15 is 0 Å². The molecule has 0 aliphatic heterocycles. The first-order chi connectivity index (χ1) is 10.5. The Balaban J connectivity index is 2.66. The molecule has 122 valence electrons. The molecule has 10 nitrogen and oxygen atoms in total. The molecule has 0 fully saturated rings. The van der Waals surface area contributed by atoms with Crippen molar-refractivity contribution >= 4 is 11.8 Å². The van der Waals surface area contributed by atoms with Crippen molar-refractivity contribution in [1.29, 1.82) is 0 Å². The molecular formula is C12H18N4O6. The van der Waals surface area contributed by atoms with Crippen molar-refractivity contribution in [3.63, 3.8) is 0 Å². The summed E-state index contributed by atoms with van der Waals surface area (Å²) in [5.41, 5.74) is 4.26. The van der Waals surface area contributed by atoms with Crippen molar-refractivity contribution in [2.24, 2.45) is 0 Å². The van der Waals surface area contributed by atoms with E-state index in [4.69, 9.17) is 9.47 Å². The summed E-state index contributed by atoms with van der Waals surface area (Å²) in [5.74, 6) is -0.857. The van der Waals surface area contributed by atoms with Gasteiger partial charge in [-0.25, -0.2) is 15.9 Å². The number of rotatable bonds is 8. The Hall–Kier alpha value is -2.46. The summed E-state index contributed by atoms with van der Waals surface area (Å²) in [5, 5.41) is 0. The molecule has 0 saturated carbocycles. The zero-order valence-electron chi connectivity index (χ0n) is 12.7. The van der Waals surface area contributed by atoms with E-state index in [9.17, 15) is 9.59 Å². The summed E-state index contributed by atoms with van der Waals surface area (Å²) in [6, 6.07) is 1.37. The van der Waals surface area contributed by atoms with Crippen LogP contribution in [-0.2, 0) is 19.3 Å². The first kappa shape index (κ1) is 17.6. The smallest absolute Gasteiger partial charge is 0.320 e. The Morgan fingerprint density at radius 1 is 1.05 bits per heavy atom. The van der Waals surface area contributed by atoms with Gasteiger partial charge in [0.05, 0.1) is 14.2 Å². The zero-order chi connectivity index (χ0) is 16.5. The van der Waals surface area contributed by atoms with Crippen LogP contribution >= 0.6 is 0 Å². The van der Waals surface area contributed by atoms with Gasteiger partial charge in [0.15, 0.2) is 12.2 Å². The van der Waals surface area contributed by atoms with Gasteiger partial charge in [-0.05, 0) is 13.8 Å². The molecule has 10 heteroatoms. The Bertz CT molecular complexity index is 471. The van der Waals surface area contributed by atoms with E-state index in [2.05, 4.69) is 30.6 Å². The largest absolute Gasteiger partial charge is 0.464 e. The van der Waals surface area contributed by atoms with Crippen LogP contribution in [0.5, 0.6) is 11.9 Å². The quantitative estimate of drug-likeness (QED) is 0.608. The van der Waals surface area contributed by atoms with Crippen LogP contribution < -0.4 is 20.4 Å². The third kappa shape index (κ3) is 5.50. The molecule has 0 bridgehead atoms. The molecule has 0 aliphatic carbocycles. The first-order valence-corrected chi connectivity index (χ1v) is 6.30. The van der Waals surface area contributed by atoms with Crippen molar-refractivity contribution in [2.45, 2.75) is 26.1 Å². The second-order valence-corrected chi connectivity index (χ2v) is 4.04. The molecule has 0 radical (unpaired) electrons. The Kier molecular flexibility index (Phi) is 6.99. The standard InChI is InChI=1S/C12H18N4O6/c1-7(10(17)15-19-3)21-9-5-6-13-12(14-9)22-8(2)11(18)16-20-4/h5-8H,1-4H3,(H,15,17)(H,16,18). The second-order valence-electron chi connectivity index (χ2n) is 4.04. The summed E-state index contributed by atoms with van der Waals surface area (Å²) >= 11 is 0. The minimum absolute atomic E-state index is 0.0735. The predicted octanol–water partition coefficient (Wildman–Crippen LogP) is -0.634. The molecule has 0 aromatic carbocycles. The highest BCUT2D eigenvalue weighted by molar-refractivity contribution is 5.80. The van der Waals surface area contributed by atoms with Gasteiger partial charge in [-0.1, -0.05) is 0 Å². The van der Waals surface area contributed by atoms with Crippen LogP contribution in [0.3, 0.4) is 0 Å². The maximum atomic E-state index is 11.5. The van der Waals surface area contributed by atoms with Gasteiger partial charge in [0, 0.05) is 12.3 Å². The van der Waals surface area contributed by atoms with Gasteiger partial charge in [0.2, 0.25) is 5.88 Å². The molecule has 1 rings (SSSR count). The summed E-state index contributed by atoms with van der Waals surface area (Å²) in [6.07, 6.45) is -0.333. The van der Waals surface area contributed by atoms with Gasteiger partial charge in [-0.15, -0.1) is 0 Å². The van der Waals surface area contributed by atoms with Crippen molar-refractivity contribution in [3.05, 3.63) is 12.3 Å². The van der Waals surface area contributed by atoms with Gasteiger partial charge in [-0.2, -0.15) is 4.98 Å². The molecule has 1 aromatic rings. The number of ether oxygens (including phenoxy) is 2. The topological polar surface area (TPSA) is 121 Å². The summed E-state index contributed by atoms with van der Waals surface area (Å²) in [6.45, 7) is 3.02. The maximum absolute atomic E-state index is 11.5. The fraction of sp³-hybridized carbons (Fsp3) is 0.500. The number of hydrogen-bond donors (Lipinski definition) is 2. The molecule has 22 heavy (non-hydrogen) atoms. The number of carbonyl (C=O) groups excluding carboxylic acids is 2. The van der Waals surface area contributed by atoms with Crippen LogP contribution in [0.15, 0.2) is 12.3 Å². The fourth-order valence-corrected chi connectivity index (χ4v) is 1.26. The molecule has 1 heterocycles. The molecule has 2 unspecified atom stereocenters. The van der Waals surface area contributed by atoms with Crippen LogP contribution in [0.4, 0.5) is 0 Å². The average molecular weight is 314 g/mol. The number of nitrogens with one attached hydrogen (secondary N) is 2. The Morgan fingerprint density at radius 2 is 1.59 bits per heavy atom. The number of hydrogen-bond acceptors (Lipinski definition) is 8. The highest BCUT2D eigenvalue weighted by atomic mass is 16.6. The van der Waals surface area contributed by atoms with Gasteiger partial charge in [0.25, 0.3) is 11.8 Å². The maximum Gasteiger partial charge on any atom is 0.320 e. The predicted molar refractivity (Wildman–Crippen MR) is 72.5 cm³/mol. The third-order valence-electron chi connectivity index (χ3n) is 2.33. The van der Waals surface area contributed by atoms with Gasteiger partial charge >= 0.3 is 6.01 Å². The Morgan fingerprint density at radius 3 is 2.14 bits per heavy atom. The average Bonchev–Trinajstić information content (AvgIpc) is 2.48. The molecule has 1 aromatic heterocycles. The van der Waals surface area contributed by atoms with Gasteiger partial charge < -0.3 is 9.47 Å². The molecule has 2 amide bonds. The van der Waals surface area contributed by atoms with Crippen LogP contribution in [0.1, 0.15) is 13.8 Å². The molecule has 0 spiro atoms. The van der Waals surface area contributed by atoms with Crippen molar-refractivity contribution in [3.8, 4) is 11.9 Å². The Labute approximate surface area is 127 Å². The van der Waals surface area contributed by atoms with Gasteiger partial charge in [0.1, 0.15) is 0 Å². The van der Waals surface area contributed by atoms with E-state index in [1.165, 1.54) is 40.3 Å². The minimum Gasteiger partial charge on any atom is -0.464 e. The lowest BCUT2D eigenvalue weighted by atomic mass is 10.4. The van der Waals surface area contributed by atoms with Crippen LogP contribution in [0, 0.1) is 0 Å². The van der Waals surface area contributed by atoms with E-state index in [1.54, 1.807) is 0 Å². The minimum atomic E-state index is -0.871. The fourth-order valence-electron chi connectivity index (χ4n) is 1.26. The van der Waals surface area contributed by atoms with E-state index < -0.39 is 24.0 Å². The molecule has 2 N–H and O–H groups in total. The van der Waals surface area contributed by atoms with Crippen LogP contribution in [-0.4, -0.2) is 48.2 Å². The number of nitrogens with zero attached hydrogens (tertiary/aromatic N) is 2. The molecule has 0 saturated heterocycles. The van der Waals surface area contributed by atoms with E-state index in [1.807, 2.05) is 0 Å².